The summed E-state index contributed by atoms with van der Waals surface area (Å²) < 4.78 is 19.6. The van der Waals surface area contributed by atoms with Crippen LogP contribution in [-0.2, 0) is 11.3 Å². The molecule has 1 saturated heterocycles. The second kappa shape index (κ2) is 8.31. The van der Waals surface area contributed by atoms with Gasteiger partial charge in [-0.15, -0.1) is 0 Å². The van der Waals surface area contributed by atoms with Crippen LogP contribution in [0.15, 0.2) is 66.7 Å². The number of aromatic amines is 1. The predicted octanol–water partition coefficient (Wildman–Crippen LogP) is 4.57. The number of amides is 2. The molecule has 7 nitrogen and oxygen atoms in total. The summed E-state index contributed by atoms with van der Waals surface area (Å²) >= 11 is 0. The molecular weight excluding hydrogens is 425 g/mol. The first-order valence-corrected chi connectivity index (χ1v) is 10.4. The number of nitrogens with zero attached hydrogens (tertiary/aromatic N) is 1. The number of halogens is 1. The molecule has 0 spiro atoms. The molecule has 0 aliphatic carbocycles. The Balaban J connectivity index is 1.25. The van der Waals surface area contributed by atoms with E-state index in [1.807, 2.05) is 12.1 Å². The Kier molecular flexibility index (Phi) is 5.18. The fourth-order valence-corrected chi connectivity index (χ4v) is 3.86. The van der Waals surface area contributed by atoms with E-state index < -0.39 is 11.9 Å². The number of ether oxygens (including phenoxy) is 1. The Morgan fingerprint density at radius 3 is 2.64 bits per heavy atom. The number of rotatable bonds is 5. The fraction of sp³-hybridized carbons (Fsp3) is 0.120. The molecule has 3 N–H and O–H groups in total. The first-order valence-electron chi connectivity index (χ1n) is 10.4. The normalized spacial score (nSPS) is 13.4. The van der Waals surface area contributed by atoms with E-state index >= 15 is 0 Å². The van der Waals surface area contributed by atoms with Crippen LogP contribution in [-0.4, -0.2) is 35.2 Å². The zero-order valence-corrected chi connectivity index (χ0v) is 17.5. The summed E-state index contributed by atoms with van der Waals surface area (Å²) in [5, 5.41) is 13.2. The van der Waals surface area contributed by atoms with Crippen LogP contribution in [0.25, 0.3) is 22.0 Å². The molecule has 0 atom stereocenters. The van der Waals surface area contributed by atoms with Gasteiger partial charge in [-0.05, 0) is 53.6 Å². The maximum absolute atomic E-state index is 14.7. The highest BCUT2D eigenvalue weighted by atomic mass is 19.1. The van der Waals surface area contributed by atoms with Crippen molar-refractivity contribution in [1.82, 2.24) is 10.3 Å². The minimum absolute atomic E-state index is 0.137. The van der Waals surface area contributed by atoms with Crippen molar-refractivity contribution < 1.29 is 23.8 Å². The van der Waals surface area contributed by atoms with Crippen LogP contribution < -0.4 is 10.2 Å². The molecule has 8 heteroatoms. The number of hydrogen-bond acceptors (Lipinski definition) is 4. The number of anilines is 1. The largest absolute Gasteiger partial charge is 0.508 e. The lowest BCUT2D eigenvalue weighted by atomic mass is 10.0. The van der Waals surface area contributed by atoms with Gasteiger partial charge in [0.15, 0.2) is 0 Å². The molecule has 0 saturated carbocycles. The van der Waals surface area contributed by atoms with Crippen molar-refractivity contribution in [2.24, 2.45) is 0 Å². The number of carbonyl (C=O) groups excluding carboxylic acids is 2. The number of nitrogens with one attached hydrogen (secondary N) is 2. The van der Waals surface area contributed by atoms with E-state index in [0.29, 0.717) is 42.2 Å². The SMILES string of the molecule is O=C(NCc1ccc(-c2ccc(N3CCOC3=O)cc2F)cc1)c1cc2cc(O)ccc2[nH]1. The molecule has 2 heterocycles. The highest BCUT2D eigenvalue weighted by Crippen LogP contribution is 2.28. The number of phenols is 1. The number of phenolic OH excluding ortho intramolecular Hbond substituents is 1. The zero-order chi connectivity index (χ0) is 22.9. The monoisotopic (exact) mass is 445 g/mol. The maximum atomic E-state index is 14.7. The van der Waals surface area contributed by atoms with E-state index in [2.05, 4.69) is 10.3 Å². The first kappa shape index (κ1) is 20.6. The fourth-order valence-electron chi connectivity index (χ4n) is 3.86. The molecule has 5 rings (SSSR count). The summed E-state index contributed by atoms with van der Waals surface area (Å²) in [6.07, 6.45) is -0.473. The molecule has 0 radical (unpaired) electrons. The van der Waals surface area contributed by atoms with E-state index in [9.17, 15) is 19.1 Å². The summed E-state index contributed by atoms with van der Waals surface area (Å²) in [5.41, 5.74) is 3.59. The second-order valence-corrected chi connectivity index (χ2v) is 7.76. The lowest BCUT2D eigenvalue weighted by molar-refractivity contribution is 0.0946. The molecule has 0 bridgehead atoms. The minimum Gasteiger partial charge on any atom is -0.508 e. The molecule has 166 valence electrons. The average Bonchev–Trinajstić information content (AvgIpc) is 3.43. The number of aromatic nitrogens is 1. The van der Waals surface area contributed by atoms with E-state index in [-0.39, 0.29) is 11.7 Å². The van der Waals surface area contributed by atoms with E-state index in [1.165, 1.54) is 11.0 Å². The van der Waals surface area contributed by atoms with Crippen LogP contribution in [0.3, 0.4) is 0 Å². The lowest BCUT2D eigenvalue weighted by Gasteiger charge is -2.14. The minimum atomic E-state index is -0.473. The molecule has 1 aliphatic heterocycles. The maximum Gasteiger partial charge on any atom is 0.414 e. The Morgan fingerprint density at radius 1 is 1.09 bits per heavy atom. The summed E-state index contributed by atoms with van der Waals surface area (Å²) in [6, 6.07) is 18.4. The number of carbonyl (C=O) groups is 2. The summed E-state index contributed by atoms with van der Waals surface area (Å²) in [4.78, 5) is 28.6. The third-order valence-corrected chi connectivity index (χ3v) is 5.59. The third-order valence-electron chi connectivity index (χ3n) is 5.59. The standard InChI is InChI=1S/C25H20FN3O4/c26-21-13-18(29-9-10-33-25(29)32)5-7-20(21)16-3-1-15(2-4-16)14-27-24(31)23-12-17-11-19(30)6-8-22(17)28-23/h1-8,11-13,28,30H,9-10,14H2,(H,27,31). The van der Waals surface area contributed by atoms with Gasteiger partial charge < -0.3 is 20.1 Å². The van der Waals surface area contributed by atoms with Crippen molar-refractivity contribution in [3.05, 3.63) is 83.8 Å². The quantitative estimate of drug-likeness (QED) is 0.420. The van der Waals surface area contributed by atoms with Crippen LogP contribution >= 0.6 is 0 Å². The molecule has 3 aromatic carbocycles. The highest BCUT2D eigenvalue weighted by Gasteiger charge is 2.24. The van der Waals surface area contributed by atoms with Crippen molar-refractivity contribution in [2.75, 3.05) is 18.1 Å². The predicted molar refractivity (Wildman–Crippen MR) is 122 cm³/mol. The van der Waals surface area contributed by atoms with Crippen molar-refractivity contribution in [3.63, 3.8) is 0 Å². The van der Waals surface area contributed by atoms with Crippen LogP contribution in [0.5, 0.6) is 5.75 Å². The first-order chi connectivity index (χ1) is 16.0. The van der Waals surface area contributed by atoms with Crippen molar-refractivity contribution in [1.29, 1.82) is 0 Å². The number of benzene rings is 3. The molecule has 33 heavy (non-hydrogen) atoms. The Hall–Kier alpha value is -4.33. The summed E-state index contributed by atoms with van der Waals surface area (Å²) in [5.74, 6) is -0.562. The van der Waals surface area contributed by atoms with Gasteiger partial charge in [-0.25, -0.2) is 9.18 Å². The smallest absolute Gasteiger partial charge is 0.414 e. The van der Waals surface area contributed by atoms with Crippen molar-refractivity contribution >= 4 is 28.6 Å². The van der Waals surface area contributed by atoms with Gasteiger partial charge in [0, 0.05) is 23.0 Å². The van der Waals surface area contributed by atoms with Crippen molar-refractivity contribution in [3.8, 4) is 16.9 Å². The molecule has 2 amide bonds. The van der Waals surface area contributed by atoms with Gasteiger partial charge in [-0.1, -0.05) is 24.3 Å². The van der Waals surface area contributed by atoms with Crippen LogP contribution in [0.2, 0.25) is 0 Å². The van der Waals surface area contributed by atoms with Gasteiger partial charge in [0.25, 0.3) is 5.91 Å². The van der Waals surface area contributed by atoms with Gasteiger partial charge in [0.2, 0.25) is 0 Å². The molecule has 0 unspecified atom stereocenters. The van der Waals surface area contributed by atoms with Crippen molar-refractivity contribution in [2.45, 2.75) is 6.54 Å². The lowest BCUT2D eigenvalue weighted by Crippen LogP contribution is -2.23. The van der Waals surface area contributed by atoms with Gasteiger partial charge >= 0.3 is 6.09 Å². The average molecular weight is 445 g/mol. The van der Waals surface area contributed by atoms with Gasteiger partial charge in [0.05, 0.1) is 12.2 Å². The Morgan fingerprint density at radius 2 is 1.91 bits per heavy atom. The van der Waals surface area contributed by atoms with Gasteiger partial charge in [-0.3, -0.25) is 9.69 Å². The molecule has 4 aromatic rings. The van der Waals surface area contributed by atoms with Crippen LogP contribution in [0.4, 0.5) is 14.9 Å². The Labute approximate surface area is 188 Å². The summed E-state index contributed by atoms with van der Waals surface area (Å²) in [6.45, 7) is 1.00. The highest BCUT2D eigenvalue weighted by molar-refractivity contribution is 5.98. The van der Waals surface area contributed by atoms with E-state index in [4.69, 9.17) is 4.74 Å². The summed E-state index contributed by atoms with van der Waals surface area (Å²) in [7, 11) is 0. The molecule has 1 aliphatic rings. The zero-order valence-electron chi connectivity index (χ0n) is 17.5. The molecule has 1 aromatic heterocycles. The number of hydrogen-bond donors (Lipinski definition) is 3. The van der Waals surface area contributed by atoms with Crippen LogP contribution in [0, 0.1) is 5.82 Å². The Bertz CT molecular complexity index is 1360. The topological polar surface area (TPSA) is 94.7 Å². The third kappa shape index (κ3) is 4.10. The number of aromatic hydroxyl groups is 1. The van der Waals surface area contributed by atoms with Gasteiger partial charge in [0.1, 0.15) is 23.9 Å². The molecular formula is C25H20FN3O4. The number of H-pyrrole nitrogens is 1. The molecule has 1 fully saturated rings. The van der Waals surface area contributed by atoms with Crippen LogP contribution in [0.1, 0.15) is 16.1 Å². The van der Waals surface area contributed by atoms with Gasteiger partial charge in [-0.2, -0.15) is 0 Å². The van der Waals surface area contributed by atoms with E-state index in [1.54, 1.807) is 48.5 Å². The second-order valence-electron chi connectivity index (χ2n) is 7.76. The van der Waals surface area contributed by atoms with E-state index in [0.717, 1.165) is 16.5 Å². The number of fused-ring (bicyclic) bond motifs is 1. The number of cyclic esters (lactones) is 1.